The first-order chi connectivity index (χ1) is 8.72. The van der Waals surface area contributed by atoms with Gasteiger partial charge in [-0.2, -0.15) is 0 Å². The molecule has 1 aromatic heterocycles. The van der Waals surface area contributed by atoms with E-state index < -0.39 is 0 Å². The summed E-state index contributed by atoms with van der Waals surface area (Å²) in [6.45, 7) is 6.21. The summed E-state index contributed by atoms with van der Waals surface area (Å²) in [5, 5.41) is 6.55. The third-order valence-corrected chi connectivity index (χ3v) is 3.60. The fraction of sp³-hybridized carbons (Fsp3) is 0.643. The van der Waals surface area contributed by atoms with Crippen molar-refractivity contribution in [1.82, 2.24) is 15.2 Å². The van der Waals surface area contributed by atoms with E-state index in [0.717, 1.165) is 38.0 Å². The number of carbonyl (C=O) groups is 1. The number of hydrogen-bond donors (Lipinski definition) is 2. The van der Waals surface area contributed by atoms with Crippen LogP contribution in [0.2, 0.25) is 0 Å². The lowest BCUT2D eigenvalue weighted by Gasteiger charge is -2.30. The number of nitrogens with zero attached hydrogens (tertiary/aromatic N) is 1. The summed E-state index contributed by atoms with van der Waals surface area (Å²) in [6, 6.07) is 4.44. The van der Waals surface area contributed by atoms with Crippen LogP contribution in [0.3, 0.4) is 0 Å². The van der Waals surface area contributed by atoms with Crippen LogP contribution in [0.15, 0.2) is 18.3 Å². The van der Waals surface area contributed by atoms with E-state index in [-0.39, 0.29) is 11.9 Å². The second-order valence-corrected chi connectivity index (χ2v) is 5.05. The second kappa shape index (κ2) is 6.05. The fourth-order valence-electron chi connectivity index (χ4n) is 2.54. The number of hydrogen-bond acceptors (Lipinski definition) is 2. The van der Waals surface area contributed by atoms with E-state index in [9.17, 15) is 4.79 Å². The Morgan fingerprint density at radius 1 is 1.61 bits per heavy atom. The van der Waals surface area contributed by atoms with Gasteiger partial charge in [-0.1, -0.05) is 6.92 Å². The molecule has 2 heterocycles. The van der Waals surface area contributed by atoms with Gasteiger partial charge in [0.2, 0.25) is 0 Å². The third-order valence-electron chi connectivity index (χ3n) is 3.60. The molecule has 2 atom stereocenters. The van der Waals surface area contributed by atoms with E-state index in [1.165, 1.54) is 0 Å². The lowest BCUT2D eigenvalue weighted by atomic mass is 10.00. The molecule has 4 nitrogen and oxygen atoms in total. The summed E-state index contributed by atoms with van der Waals surface area (Å²) < 4.78 is 2.02. The molecule has 0 spiro atoms. The average Bonchev–Trinajstić information content (AvgIpc) is 2.81. The maximum atomic E-state index is 12.3. The van der Waals surface area contributed by atoms with Crippen molar-refractivity contribution < 1.29 is 4.79 Å². The van der Waals surface area contributed by atoms with Crippen molar-refractivity contribution in [2.45, 2.75) is 51.7 Å². The van der Waals surface area contributed by atoms with Gasteiger partial charge in [0.15, 0.2) is 0 Å². The third kappa shape index (κ3) is 2.93. The fourth-order valence-corrected chi connectivity index (χ4v) is 2.54. The molecular weight excluding hydrogens is 226 g/mol. The number of nitrogens with one attached hydrogen (secondary N) is 2. The minimum absolute atomic E-state index is 0.0500. The number of aromatic nitrogens is 1. The number of amides is 1. The highest BCUT2D eigenvalue weighted by Crippen LogP contribution is 2.10. The Hall–Kier alpha value is -1.29. The first-order valence-electron chi connectivity index (χ1n) is 6.91. The Morgan fingerprint density at radius 3 is 3.17 bits per heavy atom. The summed E-state index contributed by atoms with van der Waals surface area (Å²) >= 11 is 0. The maximum absolute atomic E-state index is 12.3. The molecule has 2 unspecified atom stereocenters. The van der Waals surface area contributed by atoms with E-state index in [4.69, 9.17) is 0 Å². The molecule has 0 radical (unpaired) electrons. The number of carbonyl (C=O) groups excluding carboxylic acids is 1. The second-order valence-electron chi connectivity index (χ2n) is 5.05. The normalized spacial score (nSPS) is 23.9. The van der Waals surface area contributed by atoms with Crippen LogP contribution in [0, 0.1) is 0 Å². The number of aryl methyl sites for hydroxylation is 1. The Labute approximate surface area is 109 Å². The van der Waals surface area contributed by atoms with E-state index in [1.807, 2.05) is 22.9 Å². The predicted molar refractivity (Wildman–Crippen MR) is 72.7 cm³/mol. The molecule has 100 valence electrons. The van der Waals surface area contributed by atoms with Gasteiger partial charge >= 0.3 is 0 Å². The Morgan fingerprint density at radius 2 is 2.44 bits per heavy atom. The van der Waals surface area contributed by atoms with Crippen LogP contribution in [0.1, 0.15) is 43.6 Å². The largest absolute Gasteiger partial charge is 0.346 e. The van der Waals surface area contributed by atoms with Gasteiger partial charge in [-0.3, -0.25) is 4.79 Å². The number of rotatable bonds is 4. The van der Waals surface area contributed by atoms with Crippen LogP contribution in [-0.4, -0.2) is 29.1 Å². The zero-order chi connectivity index (χ0) is 13.0. The molecule has 0 bridgehead atoms. The van der Waals surface area contributed by atoms with E-state index in [0.29, 0.717) is 6.04 Å². The molecule has 1 saturated heterocycles. The first-order valence-corrected chi connectivity index (χ1v) is 6.91. The van der Waals surface area contributed by atoms with Crippen molar-refractivity contribution in [2.24, 2.45) is 0 Å². The van der Waals surface area contributed by atoms with Crippen LogP contribution in [0.4, 0.5) is 0 Å². The summed E-state index contributed by atoms with van der Waals surface area (Å²) in [7, 11) is 0. The highest BCUT2D eigenvalue weighted by molar-refractivity contribution is 5.93. The average molecular weight is 249 g/mol. The molecule has 4 heteroatoms. The van der Waals surface area contributed by atoms with Gasteiger partial charge in [-0.05, 0) is 44.9 Å². The molecular formula is C14H23N3O. The highest BCUT2D eigenvalue weighted by atomic mass is 16.2. The van der Waals surface area contributed by atoms with Crippen LogP contribution in [0.5, 0.6) is 0 Å². The lowest BCUT2D eigenvalue weighted by molar-refractivity contribution is 0.0910. The molecule has 2 N–H and O–H groups in total. The molecule has 0 aliphatic carbocycles. The Balaban J connectivity index is 2.00. The smallest absolute Gasteiger partial charge is 0.268 e. The molecule has 1 fully saturated rings. The molecule has 0 saturated carbocycles. The van der Waals surface area contributed by atoms with Gasteiger partial charge in [-0.25, -0.2) is 0 Å². The summed E-state index contributed by atoms with van der Waals surface area (Å²) in [6.07, 6.45) is 5.21. The molecule has 1 aliphatic heterocycles. The zero-order valence-corrected chi connectivity index (χ0v) is 11.3. The quantitative estimate of drug-likeness (QED) is 0.854. The van der Waals surface area contributed by atoms with Gasteiger partial charge in [0.25, 0.3) is 5.91 Å². The van der Waals surface area contributed by atoms with E-state index >= 15 is 0 Å². The van der Waals surface area contributed by atoms with Crippen LogP contribution < -0.4 is 10.6 Å². The monoisotopic (exact) mass is 249 g/mol. The molecule has 1 amide bonds. The Kier molecular flexibility index (Phi) is 4.42. The van der Waals surface area contributed by atoms with E-state index in [1.54, 1.807) is 0 Å². The van der Waals surface area contributed by atoms with Crippen molar-refractivity contribution >= 4 is 5.91 Å². The van der Waals surface area contributed by atoms with Crippen molar-refractivity contribution in [3.63, 3.8) is 0 Å². The maximum Gasteiger partial charge on any atom is 0.268 e. The lowest BCUT2D eigenvalue weighted by Crippen LogP contribution is -2.52. The summed E-state index contributed by atoms with van der Waals surface area (Å²) in [5.41, 5.74) is 0.773. The number of piperidine rings is 1. The minimum atomic E-state index is 0.0500. The van der Waals surface area contributed by atoms with Gasteiger partial charge in [0.05, 0.1) is 0 Å². The van der Waals surface area contributed by atoms with Crippen molar-refractivity contribution in [3.8, 4) is 0 Å². The molecule has 2 rings (SSSR count). The van der Waals surface area contributed by atoms with Gasteiger partial charge in [-0.15, -0.1) is 0 Å². The van der Waals surface area contributed by atoms with Crippen LogP contribution in [-0.2, 0) is 6.54 Å². The van der Waals surface area contributed by atoms with E-state index in [2.05, 4.69) is 24.5 Å². The predicted octanol–water partition coefficient (Wildman–Crippen LogP) is 1.77. The Bertz CT molecular complexity index is 399. The molecule has 18 heavy (non-hydrogen) atoms. The van der Waals surface area contributed by atoms with Gasteiger partial charge < -0.3 is 15.2 Å². The standard InChI is InChI=1S/C14H23N3O/c1-3-9-17-10-5-7-13(17)14(18)16-12-6-4-8-15-11(12)2/h5,7,10-12,15H,3-4,6,8-9H2,1-2H3,(H,16,18). The molecule has 1 aliphatic rings. The van der Waals surface area contributed by atoms with Crippen LogP contribution in [0.25, 0.3) is 0 Å². The topological polar surface area (TPSA) is 46.1 Å². The van der Waals surface area contributed by atoms with Crippen LogP contribution >= 0.6 is 0 Å². The van der Waals surface area contributed by atoms with Gasteiger partial charge in [0.1, 0.15) is 5.69 Å². The highest BCUT2D eigenvalue weighted by Gasteiger charge is 2.23. The summed E-state index contributed by atoms with van der Waals surface area (Å²) in [5.74, 6) is 0.0500. The van der Waals surface area contributed by atoms with Gasteiger partial charge in [0, 0.05) is 24.8 Å². The van der Waals surface area contributed by atoms with Crippen molar-refractivity contribution in [1.29, 1.82) is 0 Å². The SMILES string of the molecule is CCCn1cccc1C(=O)NC1CCCNC1C. The minimum Gasteiger partial charge on any atom is -0.346 e. The molecule has 0 aromatic carbocycles. The van der Waals surface area contributed by atoms with Crippen molar-refractivity contribution in [3.05, 3.63) is 24.0 Å². The molecule has 1 aromatic rings. The first kappa shape index (κ1) is 13.1. The zero-order valence-electron chi connectivity index (χ0n) is 11.3. The summed E-state index contributed by atoms with van der Waals surface area (Å²) in [4.78, 5) is 12.3. The van der Waals surface area contributed by atoms with Crippen molar-refractivity contribution in [2.75, 3.05) is 6.54 Å².